The Balaban J connectivity index is 0.00000156. The van der Waals surface area contributed by atoms with Crippen LogP contribution in [0, 0.1) is 0 Å². The van der Waals surface area contributed by atoms with Gasteiger partial charge in [0.15, 0.2) is 18.5 Å². The number of pyridine rings is 1. The second kappa shape index (κ2) is 8.57. The molecule has 0 aliphatic carbocycles. The fraction of sp³-hybridized carbons (Fsp3) is 0.267. The van der Waals surface area contributed by atoms with E-state index in [1.54, 1.807) is 41.2 Å². The third-order valence-corrected chi connectivity index (χ3v) is 5.04. The van der Waals surface area contributed by atoms with Gasteiger partial charge in [-0.05, 0) is 17.7 Å². The van der Waals surface area contributed by atoms with E-state index >= 15 is 0 Å². The first-order chi connectivity index (χ1) is 11.0. The fourth-order valence-corrected chi connectivity index (χ4v) is 3.87. The van der Waals surface area contributed by atoms with E-state index in [9.17, 15) is 19.8 Å². The van der Waals surface area contributed by atoms with Crippen LogP contribution in [0.25, 0.3) is 0 Å². The molecule has 0 bridgehead atoms. The largest absolute Gasteiger partial charge is 1.00 e. The molecule has 1 aromatic rings. The van der Waals surface area contributed by atoms with Gasteiger partial charge in [-0.25, -0.2) is 4.79 Å². The lowest BCUT2D eigenvalue weighted by atomic mass is 10.0. The van der Waals surface area contributed by atoms with Crippen molar-refractivity contribution in [2.24, 2.45) is 5.73 Å². The first-order valence-corrected chi connectivity index (χ1v) is 8.05. The molecule has 4 N–H and O–H groups in total. The van der Waals surface area contributed by atoms with Crippen molar-refractivity contribution in [2.75, 3.05) is 5.75 Å². The average Bonchev–Trinajstić information content (AvgIpc) is 2.53. The molecule has 136 valence electrons. The number of thioether (sulfide) groups is 1. The Morgan fingerprint density at radius 1 is 1.52 bits per heavy atom. The minimum absolute atomic E-state index is 0. The number of hydrogen-bond donors (Lipinski definition) is 3. The van der Waals surface area contributed by atoms with Gasteiger partial charge in [-0.2, -0.15) is 4.57 Å². The molecule has 1 saturated heterocycles. The number of hydrogen-bond acceptors (Lipinski definition) is 5. The van der Waals surface area contributed by atoms with Crippen molar-refractivity contribution >= 4 is 36.0 Å². The van der Waals surface area contributed by atoms with Gasteiger partial charge in [0.25, 0.3) is 0 Å². The fourth-order valence-electron chi connectivity index (χ4n) is 2.61. The molecule has 1 fully saturated rings. The zero-order valence-electron chi connectivity index (χ0n) is 12.9. The predicted molar refractivity (Wildman–Crippen MR) is 90.4 cm³/mol. The first kappa shape index (κ1) is 21.3. The van der Waals surface area contributed by atoms with E-state index < -0.39 is 12.0 Å². The molecule has 2 atom stereocenters. The smallest absolute Gasteiger partial charge is 0.352 e. The summed E-state index contributed by atoms with van der Waals surface area (Å²) in [6.07, 6.45) is 6.87. The summed E-state index contributed by atoms with van der Waals surface area (Å²) in [4.78, 5) is 24.6. The van der Waals surface area contributed by atoms with Crippen molar-refractivity contribution in [1.29, 1.82) is 0 Å². The monoisotopic (exact) mass is 405 g/mol. The molecule has 0 spiro atoms. The number of carboxylic acid groups (broad SMARTS) is 1. The number of nitrogens with two attached hydrogens (primary N) is 1. The van der Waals surface area contributed by atoms with Crippen molar-refractivity contribution in [3.05, 3.63) is 47.9 Å². The van der Waals surface area contributed by atoms with Gasteiger partial charge in [0.2, 0.25) is 12.1 Å². The van der Waals surface area contributed by atoms with Crippen LogP contribution in [0.1, 0.15) is 0 Å². The third-order valence-electron chi connectivity index (χ3n) is 3.72. The summed E-state index contributed by atoms with van der Waals surface area (Å²) in [5.41, 5.74) is 6.30. The number of aromatic nitrogens is 1. The summed E-state index contributed by atoms with van der Waals surface area (Å²) < 4.78 is 1.76. The molecule has 0 saturated carbocycles. The Morgan fingerprint density at radius 2 is 2.24 bits per heavy atom. The Hall–Kier alpha value is -1.74. The van der Waals surface area contributed by atoms with Gasteiger partial charge in [-0.15, -0.1) is 24.2 Å². The Labute approximate surface area is 161 Å². The molecular formula is C15H17Cl2N3O4S. The number of halogens is 2. The molecule has 3 rings (SSSR count). The lowest BCUT2D eigenvalue weighted by molar-refractivity contribution is -0.687. The van der Waals surface area contributed by atoms with Crippen LogP contribution in [0.5, 0.6) is 5.75 Å². The maximum Gasteiger partial charge on any atom is 0.352 e. The average molecular weight is 406 g/mol. The van der Waals surface area contributed by atoms with Crippen LogP contribution in [0.15, 0.2) is 47.9 Å². The molecule has 1 aromatic heterocycles. The normalized spacial score (nSPS) is 22.0. The second-order valence-corrected chi connectivity index (χ2v) is 6.38. The lowest BCUT2D eigenvalue weighted by Crippen LogP contribution is -3.00. The van der Waals surface area contributed by atoms with Crippen molar-refractivity contribution in [3.63, 3.8) is 0 Å². The number of carbonyl (C=O) groups excluding carboxylic acids is 1. The molecule has 0 unspecified atom stereocenters. The number of carboxylic acids is 1. The molecule has 2 aliphatic heterocycles. The van der Waals surface area contributed by atoms with E-state index in [-0.39, 0.29) is 47.5 Å². The SMILES string of the molecule is Cl.N[C@@H]1C(=O)N2C(C(=O)O)=C(C=CC[n+]3cccc(O)c3)CS[C@H]12.[Cl-]. The molecule has 0 radical (unpaired) electrons. The van der Waals surface area contributed by atoms with E-state index in [1.165, 1.54) is 16.7 Å². The van der Waals surface area contributed by atoms with Crippen LogP contribution in [0.2, 0.25) is 0 Å². The number of allylic oxidation sites excluding steroid dienone is 2. The van der Waals surface area contributed by atoms with E-state index in [0.717, 1.165) is 0 Å². The highest BCUT2D eigenvalue weighted by Crippen LogP contribution is 2.39. The topological polar surface area (TPSA) is 108 Å². The summed E-state index contributed by atoms with van der Waals surface area (Å²) in [5, 5.41) is 18.5. The van der Waals surface area contributed by atoms with E-state index in [4.69, 9.17) is 5.73 Å². The second-order valence-electron chi connectivity index (χ2n) is 5.28. The van der Waals surface area contributed by atoms with Crippen LogP contribution in [0.4, 0.5) is 0 Å². The number of amides is 1. The Bertz CT molecular complexity index is 741. The highest BCUT2D eigenvalue weighted by molar-refractivity contribution is 8.00. The Kier molecular flexibility index (Phi) is 7.30. The van der Waals surface area contributed by atoms with Crippen LogP contribution in [0.3, 0.4) is 0 Å². The quantitative estimate of drug-likeness (QED) is 0.370. The standard InChI is InChI=1S/C15H15N3O4S.2ClH/c16-11-13(20)18-12(15(21)22)9(8-23-14(11)18)3-1-5-17-6-2-4-10(19)7-17;;/h1-4,6-7,11,14H,5,8,16H2,(H-,19,21,22);2*1H/t11-,14-;;/m1../s1. The minimum atomic E-state index is -1.12. The number of β-lactam (4-membered cyclic amide) rings is 1. The first-order valence-electron chi connectivity index (χ1n) is 7.00. The summed E-state index contributed by atoms with van der Waals surface area (Å²) in [5.74, 6) is -0.832. The Morgan fingerprint density at radius 3 is 2.88 bits per heavy atom. The van der Waals surface area contributed by atoms with Crippen LogP contribution in [-0.4, -0.2) is 44.2 Å². The van der Waals surface area contributed by atoms with E-state index in [1.807, 2.05) is 0 Å². The van der Waals surface area contributed by atoms with Gasteiger partial charge in [-0.1, -0.05) is 6.08 Å². The number of aliphatic carboxylic acids is 1. The van der Waals surface area contributed by atoms with Crippen molar-refractivity contribution < 1.29 is 36.8 Å². The number of nitrogens with zero attached hydrogens (tertiary/aromatic N) is 2. The summed E-state index contributed by atoms with van der Waals surface area (Å²) in [7, 11) is 0. The molecular weight excluding hydrogens is 389 g/mol. The molecule has 2 aliphatic rings. The predicted octanol–water partition coefficient (Wildman–Crippen LogP) is -2.76. The van der Waals surface area contributed by atoms with Gasteiger partial charge < -0.3 is 28.4 Å². The molecule has 1 amide bonds. The zero-order chi connectivity index (χ0) is 16.6. The van der Waals surface area contributed by atoms with Gasteiger partial charge in [0.1, 0.15) is 17.1 Å². The maximum absolute atomic E-state index is 11.8. The highest BCUT2D eigenvalue weighted by Gasteiger charge is 2.51. The van der Waals surface area contributed by atoms with Crippen molar-refractivity contribution in [2.45, 2.75) is 18.0 Å². The molecule has 7 nitrogen and oxygen atoms in total. The molecule has 10 heteroatoms. The number of aromatic hydroxyl groups is 1. The number of fused-ring (bicyclic) bond motifs is 1. The van der Waals surface area contributed by atoms with E-state index in [2.05, 4.69) is 0 Å². The van der Waals surface area contributed by atoms with Gasteiger partial charge in [0.05, 0.1) is 0 Å². The van der Waals surface area contributed by atoms with Gasteiger partial charge >= 0.3 is 5.97 Å². The number of rotatable bonds is 4. The van der Waals surface area contributed by atoms with Crippen LogP contribution in [-0.2, 0) is 16.1 Å². The minimum Gasteiger partial charge on any atom is -1.00 e. The highest BCUT2D eigenvalue weighted by atomic mass is 35.5. The molecule has 0 aromatic carbocycles. The number of carbonyl (C=O) groups is 2. The van der Waals surface area contributed by atoms with E-state index in [0.29, 0.717) is 17.9 Å². The van der Waals surface area contributed by atoms with Crippen molar-refractivity contribution in [3.8, 4) is 5.75 Å². The lowest BCUT2D eigenvalue weighted by Gasteiger charge is -2.47. The zero-order valence-corrected chi connectivity index (χ0v) is 15.3. The van der Waals surface area contributed by atoms with Crippen LogP contribution >= 0.6 is 24.2 Å². The molecule has 3 heterocycles. The summed E-state index contributed by atoms with van der Waals surface area (Å²) in [6.45, 7) is 0.479. The summed E-state index contributed by atoms with van der Waals surface area (Å²) in [6, 6.07) is 2.66. The third kappa shape index (κ3) is 4.09. The van der Waals surface area contributed by atoms with Gasteiger partial charge in [0, 0.05) is 11.8 Å². The maximum atomic E-state index is 11.8. The molecule has 25 heavy (non-hydrogen) atoms. The van der Waals surface area contributed by atoms with Crippen LogP contribution < -0.4 is 22.7 Å². The van der Waals surface area contributed by atoms with Gasteiger partial charge in [-0.3, -0.25) is 9.69 Å². The summed E-state index contributed by atoms with van der Waals surface area (Å²) >= 11 is 1.46. The van der Waals surface area contributed by atoms with Crippen molar-refractivity contribution in [1.82, 2.24) is 4.90 Å².